The molecule has 15 nitrogen and oxygen atoms in total. The van der Waals surface area contributed by atoms with Gasteiger partial charge >= 0.3 is 5.79 Å². The molecule has 0 fully saturated rings. The van der Waals surface area contributed by atoms with Crippen LogP contribution < -0.4 is 14.2 Å². The lowest BCUT2D eigenvalue weighted by atomic mass is 9.67. The zero-order valence-corrected chi connectivity index (χ0v) is 22.8. The molecule has 3 heterocycles. The summed E-state index contributed by atoms with van der Waals surface area (Å²) in [5.74, 6) is -14.8. The second-order valence-electron chi connectivity index (χ2n) is 11.5. The maximum atomic E-state index is 13.3. The number of fused-ring (bicyclic) bond motifs is 6. The Morgan fingerprint density at radius 2 is 1.24 bits per heavy atom. The molecule has 6 atom stereocenters. The third-order valence-electron chi connectivity index (χ3n) is 8.72. The molecule has 0 spiro atoms. The van der Waals surface area contributed by atoms with E-state index in [2.05, 4.69) is 0 Å². The normalized spacial score (nSPS) is 29.2. The molecule has 236 valence electrons. The summed E-state index contributed by atoms with van der Waals surface area (Å²) in [6, 6.07) is 5.26. The van der Waals surface area contributed by atoms with Crippen LogP contribution in [0.2, 0.25) is 0 Å². The molecule has 0 amide bonds. The Kier molecular flexibility index (Phi) is 5.95. The number of benzene rings is 3. The number of hydrogen-bond acceptors (Lipinski definition) is 15. The summed E-state index contributed by atoms with van der Waals surface area (Å²) in [5.41, 5.74) is -0.745. The number of ketones is 1. The zero-order chi connectivity index (χ0) is 32.3. The number of ether oxygens (including phenoxy) is 3. The number of hydrogen-bond donors (Lipinski definition) is 11. The van der Waals surface area contributed by atoms with Gasteiger partial charge < -0.3 is 70.4 Å². The second-order valence-corrected chi connectivity index (χ2v) is 11.5. The minimum Gasteiger partial charge on any atom is -0.508 e. The lowest BCUT2D eigenvalue weighted by Gasteiger charge is -2.52. The van der Waals surface area contributed by atoms with Crippen molar-refractivity contribution in [2.75, 3.05) is 0 Å². The van der Waals surface area contributed by atoms with Gasteiger partial charge in [0.1, 0.15) is 40.6 Å². The maximum absolute atomic E-state index is 13.3. The highest BCUT2D eigenvalue weighted by Gasteiger charge is 2.69. The van der Waals surface area contributed by atoms with Gasteiger partial charge in [0.05, 0.1) is 18.1 Å². The molecule has 0 unspecified atom stereocenters. The predicted octanol–water partition coefficient (Wildman–Crippen LogP) is -0.324. The van der Waals surface area contributed by atoms with E-state index in [0.29, 0.717) is 0 Å². The van der Waals surface area contributed by atoms with E-state index < -0.39 is 82.0 Å². The van der Waals surface area contributed by atoms with Crippen LogP contribution in [0.1, 0.15) is 34.3 Å². The average Bonchev–Trinajstić information content (AvgIpc) is 2.94. The zero-order valence-electron chi connectivity index (χ0n) is 22.8. The first-order chi connectivity index (χ1) is 21.1. The van der Waals surface area contributed by atoms with Crippen molar-refractivity contribution >= 4 is 5.78 Å². The molecule has 3 aromatic carbocycles. The van der Waals surface area contributed by atoms with Crippen LogP contribution in [0, 0.1) is 0 Å². The number of carbonyl (C=O) groups excluding carboxylic acids is 1. The van der Waals surface area contributed by atoms with Gasteiger partial charge in [-0.1, -0.05) is 0 Å². The predicted molar refractivity (Wildman–Crippen MR) is 145 cm³/mol. The first-order valence-electron chi connectivity index (χ1n) is 13.6. The highest BCUT2D eigenvalue weighted by atomic mass is 16.7. The van der Waals surface area contributed by atoms with E-state index in [1.54, 1.807) is 0 Å². The summed E-state index contributed by atoms with van der Waals surface area (Å²) in [5, 5.41) is 119. The Balaban J connectivity index is 1.43. The number of phenolic OH excluding ortho intramolecular Hbond substituents is 6. The highest BCUT2D eigenvalue weighted by molar-refractivity contribution is 6.00. The lowest BCUT2D eigenvalue weighted by molar-refractivity contribution is -0.340. The van der Waals surface area contributed by atoms with Gasteiger partial charge in [-0.3, -0.25) is 4.79 Å². The molecule has 2 bridgehead atoms. The summed E-state index contributed by atoms with van der Waals surface area (Å²) < 4.78 is 17.1. The summed E-state index contributed by atoms with van der Waals surface area (Å²) in [6.07, 6.45) is -5.92. The minimum absolute atomic E-state index is 0.0755. The standard InChI is InChI=1S/C30H26O15/c31-9-1-15(33)11-5-18(36)26(43-20(11)3-9)13-7-17(35)25(39)28-23(13)24-14(8-22(38)30(42,45-28)29(24,40)41)27-19(37)6-12-16(34)2-10(32)4-21(12)44-27/h1-4,7-8,18-19,24,26-27,31-37,39-42H,5-6H2/t18-,19-,24-,26-,27-,30+/m1/s1. The number of phenols is 6. The Hall–Kier alpha value is -4.93. The smallest absolute Gasteiger partial charge is 0.328 e. The Labute approximate surface area is 251 Å². The summed E-state index contributed by atoms with van der Waals surface area (Å²) in [7, 11) is 0. The molecule has 3 aliphatic heterocycles. The first kappa shape index (κ1) is 28.8. The molecule has 15 heteroatoms. The van der Waals surface area contributed by atoms with E-state index in [1.807, 2.05) is 0 Å². The molecule has 0 radical (unpaired) electrons. The number of aliphatic hydroxyl groups is 5. The molecule has 0 saturated carbocycles. The van der Waals surface area contributed by atoms with Crippen LogP contribution in [0.15, 0.2) is 42.0 Å². The number of aromatic hydroxyl groups is 6. The van der Waals surface area contributed by atoms with Gasteiger partial charge in [-0.05, 0) is 17.7 Å². The fraction of sp³-hybridized carbons (Fsp3) is 0.300. The molecular weight excluding hydrogens is 600 g/mol. The molecule has 7 rings (SSSR count). The van der Waals surface area contributed by atoms with Crippen molar-refractivity contribution in [1.82, 2.24) is 0 Å². The highest BCUT2D eigenvalue weighted by Crippen LogP contribution is 2.60. The average molecular weight is 627 g/mol. The summed E-state index contributed by atoms with van der Waals surface area (Å²) >= 11 is 0. The molecule has 0 aromatic heterocycles. The Morgan fingerprint density at radius 1 is 0.711 bits per heavy atom. The molecule has 4 aliphatic rings. The van der Waals surface area contributed by atoms with Crippen molar-refractivity contribution in [3.8, 4) is 51.7 Å². The van der Waals surface area contributed by atoms with Crippen molar-refractivity contribution in [3.63, 3.8) is 0 Å². The Bertz CT molecular complexity index is 1830. The van der Waals surface area contributed by atoms with Gasteiger partial charge in [-0.2, -0.15) is 0 Å². The SMILES string of the molecule is O=C1C=C([C@H]2Oc3cc(O)cc(O)c3C[C@H]2O)[C@@H]2c3c([C@H]4Oc5cc(O)cc(O)c5C[C@H]4O)cc(O)c(O)c3O[C@]1(O)C2(O)O. The number of aliphatic hydroxyl groups excluding tert-OH is 2. The van der Waals surface area contributed by atoms with Crippen molar-refractivity contribution < 1.29 is 75.2 Å². The quantitative estimate of drug-likeness (QED) is 0.129. The molecular formula is C30H26O15. The van der Waals surface area contributed by atoms with Crippen LogP contribution in [0.4, 0.5) is 0 Å². The van der Waals surface area contributed by atoms with Crippen LogP contribution in [-0.2, 0) is 17.6 Å². The number of carbonyl (C=O) groups is 1. The van der Waals surface area contributed by atoms with Crippen LogP contribution in [-0.4, -0.2) is 91.8 Å². The van der Waals surface area contributed by atoms with E-state index in [1.165, 1.54) is 0 Å². The van der Waals surface area contributed by atoms with E-state index in [4.69, 9.17) is 14.2 Å². The van der Waals surface area contributed by atoms with Crippen molar-refractivity contribution in [3.05, 3.63) is 64.2 Å². The van der Waals surface area contributed by atoms with Gasteiger partial charge in [0.15, 0.2) is 17.6 Å². The van der Waals surface area contributed by atoms with E-state index in [0.717, 1.165) is 36.4 Å². The summed E-state index contributed by atoms with van der Waals surface area (Å²) in [4.78, 5) is 13.3. The lowest BCUT2D eigenvalue weighted by Crippen LogP contribution is -2.70. The van der Waals surface area contributed by atoms with Crippen molar-refractivity contribution in [2.45, 2.75) is 54.7 Å². The van der Waals surface area contributed by atoms with E-state index in [9.17, 15) is 61.0 Å². The van der Waals surface area contributed by atoms with Gasteiger partial charge in [0.2, 0.25) is 17.3 Å². The molecule has 3 aromatic rings. The van der Waals surface area contributed by atoms with Crippen LogP contribution in [0.3, 0.4) is 0 Å². The third kappa shape index (κ3) is 3.92. The van der Waals surface area contributed by atoms with Gasteiger partial charge in [0, 0.05) is 59.4 Å². The number of rotatable bonds is 2. The van der Waals surface area contributed by atoms with Crippen molar-refractivity contribution in [2.24, 2.45) is 0 Å². The molecule has 1 aliphatic carbocycles. The monoisotopic (exact) mass is 626 g/mol. The first-order valence-corrected chi connectivity index (χ1v) is 13.6. The Morgan fingerprint density at radius 3 is 1.82 bits per heavy atom. The van der Waals surface area contributed by atoms with Gasteiger partial charge in [-0.25, -0.2) is 0 Å². The molecule has 45 heavy (non-hydrogen) atoms. The topological polar surface area (TPSA) is 267 Å². The van der Waals surface area contributed by atoms with Crippen LogP contribution >= 0.6 is 0 Å². The fourth-order valence-electron chi connectivity index (χ4n) is 6.61. The second kappa shape index (κ2) is 9.29. The maximum Gasteiger partial charge on any atom is 0.328 e. The van der Waals surface area contributed by atoms with Gasteiger partial charge in [-0.15, -0.1) is 0 Å². The molecule has 11 N–H and O–H groups in total. The van der Waals surface area contributed by atoms with Crippen LogP contribution in [0.25, 0.3) is 0 Å². The van der Waals surface area contributed by atoms with Gasteiger partial charge in [0.25, 0.3) is 0 Å². The van der Waals surface area contributed by atoms with Crippen molar-refractivity contribution in [1.29, 1.82) is 0 Å². The largest absolute Gasteiger partial charge is 0.508 e. The van der Waals surface area contributed by atoms with E-state index >= 15 is 0 Å². The fourth-order valence-corrected chi connectivity index (χ4v) is 6.61. The molecule has 0 saturated heterocycles. The minimum atomic E-state index is -3.53. The van der Waals surface area contributed by atoms with Crippen LogP contribution in [0.5, 0.6) is 51.7 Å². The third-order valence-corrected chi connectivity index (χ3v) is 8.72. The van der Waals surface area contributed by atoms with E-state index in [-0.39, 0.29) is 58.1 Å². The summed E-state index contributed by atoms with van der Waals surface area (Å²) in [6.45, 7) is 0.